The van der Waals surface area contributed by atoms with E-state index >= 15 is 0 Å². The van der Waals surface area contributed by atoms with Gasteiger partial charge in [0.05, 0.1) is 0 Å². The van der Waals surface area contributed by atoms with Crippen LogP contribution in [0.5, 0.6) is 0 Å². The number of halogens is 1. The minimum absolute atomic E-state index is 0. The molecule has 2 aliphatic rings. The van der Waals surface area contributed by atoms with E-state index in [4.69, 9.17) is 0 Å². The lowest BCUT2D eigenvalue weighted by Crippen LogP contribution is -2.40. The predicted molar refractivity (Wildman–Crippen MR) is 77.1 cm³/mol. The van der Waals surface area contributed by atoms with Crippen LogP contribution in [0, 0.1) is 5.92 Å². The van der Waals surface area contributed by atoms with Crippen LogP contribution >= 0.6 is 12.4 Å². The van der Waals surface area contributed by atoms with E-state index in [2.05, 4.69) is 17.6 Å². The summed E-state index contributed by atoms with van der Waals surface area (Å²) in [6.07, 6.45) is 9.33. The monoisotopic (exact) mass is 274 g/mol. The first-order valence-corrected chi connectivity index (χ1v) is 7.30. The normalized spacial score (nSPS) is 31.7. The highest BCUT2D eigenvalue weighted by molar-refractivity contribution is 5.85. The van der Waals surface area contributed by atoms with Crippen molar-refractivity contribution in [3.63, 3.8) is 0 Å². The quantitative estimate of drug-likeness (QED) is 0.828. The SMILES string of the molecule is CCC1CCCC(NC(=O)CC2CCCN2)C1.Cl. The van der Waals surface area contributed by atoms with E-state index < -0.39 is 0 Å². The van der Waals surface area contributed by atoms with Gasteiger partial charge < -0.3 is 10.6 Å². The maximum Gasteiger partial charge on any atom is 0.221 e. The molecule has 0 bridgehead atoms. The number of carbonyl (C=O) groups is 1. The maximum absolute atomic E-state index is 11.9. The number of rotatable bonds is 4. The van der Waals surface area contributed by atoms with Crippen LogP contribution in [0.15, 0.2) is 0 Å². The van der Waals surface area contributed by atoms with Crippen molar-refractivity contribution in [3.05, 3.63) is 0 Å². The summed E-state index contributed by atoms with van der Waals surface area (Å²) >= 11 is 0. The average Bonchev–Trinajstić information content (AvgIpc) is 2.82. The Kier molecular flexibility index (Phi) is 7.02. The van der Waals surface area contributed by atoms with Crippen molar-refractivity contribution in [2.24, 2.45) is 5.92 Å². The summed E-state index contributed by atoms with van der Waals surface area (Å²) in [5.41, 5.74) is 0. The predicted octanol–water partition coefficient (Wildman–Crippen LogP) is 2.64. The molecule has 0 aromatic carbocycles. The van der Waals surface area contributed by atoms with Gasteiger partial charge >= 0.3 is 0 Å². The van der Waals surface area contributed by atoms with Gasteiger partial charge in [0, 0.05) is 18.5 Å². The summed E-state index contributed by atoms with van der Waals surface area (Å²) in [4.78, 5) is 11.9. The summed E-state index contributed by atoms with van der Waals surface area (Å²) in [5.74, 6) is 1.09. The van der Waals surface area contributed by atoms with Gasteiger partial charge in [-0.1, -0.05) is 26.2 Å². The van der Waals surface area contributed by atoms with Gasteiger partial charge in [0.1, 0.15) is 0 Å². The molecule has 0 aromatic rings. The molecule has 1 heterocycles. The summed E-state index contributed by atoms with van der Waals surface area (Å²) < 4.78 is 0. The van der Waals surface area contributed by atoms with Crippen molar-refractivity contribution >= 4 is 18.3 Å². The lowest BCUT2D eigenvalue weighted by Gasteiger charge is -2.29. The minimum Gasteiger partial charge on any atom is -0.353 e. The number of hydrogen-bond acceptors (Lipinski definition) is 2. The molecule has 0 aromatic heterocycles. The lowest BCUT2D eigenvalue weighted by atomic mass is 9.84. The van der Waals surface area contributed by atoms with E-state index in [0.717, 1.165) is 18.9 Å². The van der Waals surface area contributed by atoms with Gasteiger partial charge in [-0.2, -0.15) is 0 Å². The van der Waals surface area contributed by atoms with Crippen LogP contribution in [0.25, 0.3) is 0 Å². The van der Waals surface area contributed by atoms with Crippen LogP contribution in [0.1, 0.15) is 58.3 Å². The number of hydrogen-bond donors (Lipinski definition) is 2. The molecular weight excluding hydrogens is 248 g/mol. The zero-order valence-corrected chi connectivity index (χ0v) is 12.2. The zero-order valence-electron chi connectivity index (χ0n) is 11.4. The first-order chi connectivity index (χ1) is 8.28. The molecule has 1 aliphatic carbocycles. The molecule has 18 heavy (non-hydrogen) atoms. The first-order valence-electron chi connectivity index (χ1n) is 7.30. The standard InChI is InChI=1S/C14H26N2O.ClH/c1-2-11-5-3-6-13(9-11)16-14(17)10-12-7-4-8-15-12;/h11-13,15H,2-10H2,1H3,(H,16,17);1H. The summed E-state index contributed by atoms with van der Waals surface area (Å²) in [6.45, 7) is 3.34. The van der Waals surface area contributed by atoms with Gasteiger partial charge in [-0.25, -0.2) is 0 Å². The van der Waals surface area contributed by atoms with Gasteiger partial charge in [0.15, 0.2) is 0 Å². The molecule has 2 N–H and O–H groups in total. The average molecular weight is 275 g/mol. The van der Waals surface area contributed by atoms with Crippen LogP contribution in [0.3, 0.4) is 0 Å². The summed E-state index contributed by atoms with van der Waals surface area (Å²) in [7, 11) is 0. The molecule has 3 nitrogen and oxygen atoms in total. The van der Waals surface area contributed by atoms with Gasteiger partial charge in [0.25, 0.3) is 0 Å². The molecule has 1 saturated carbocycles. The Hall–Kier alpha value is -0.280. The minimum atomic E-state index is 0. The molecule has 0 spiro atoms. The third-order valence-electron chi connectivity index (χ3n) is 4.32. The summed E-state index contributed by atoms with van der Waals surface area (Å²) in [6, 6.07) is 0.878. The molecule has 1 amide bonds. The van der Waals surface area contributed by atoms with Crippen molar-refractivity contribution < 1.29 is 4.79 Å². The topological polar surface area (TPSA) is 41.1 Å². The molecule has 0 radical (unpaired) electrons. The van der Waals surface area contributed by atoms with Crippen LogP contribution in [0.2, 0.25) is 0 Å². The highest BCUT2D eigenvalue weighted by Crippen LogP contribution is 2.26. The molecule has 3 atom stereocenters. The van der Waals surface area contributed by atoms with Gasteiger partial charge in [-0.05, 0) is 38.1 Å². The lowest BCUT2D eigenvalue weighted by molar-refractivity contribution is -0.122. The molecule has 2 fully saturated rings. The second-order valence-corrected chi connectivity index (χ2v) is 5.70. The fourth-order valence-corrected chi connectivity index (χ4v) is 3.23. The number of carbonyl (C=O) groups excluding carboxylic acids is 1. The fraction of sp³-hybridized carbons (Fsp3) is 0.929. The molecular formula is C14H27ClN2O. The van der Waals surface area contributed by atoms with E-state index in [9.17, 15) is 4.79 Å². The largest absolute Gasteiger partial charge is 0.353 e. The van der Waals surface area contributed by atoms with E-state index in [1.54, 1.807) is 0 Å². The smallest absolute Gasteiger partial charge is 0.221 e. The Morgan fingerprint density at radius 2 is 2.11 bits per heavy atom. The van der Waals surface area contributed by atoms with Crippen molar-refractivity contribution in [1.29, 1.82) is 0 Å². The molecule has 3 unspecified atom stereocenters. The van der Waals surface area contributed by atoms with Gasteiger partial charge in [0.2, 0.25) is 5.91 Å². The molecule has 4 heteroatoms. The van der Waals surface area contributed by atoms with E-state index in [1.165, 1.54) is 38.5 Å². The van der Waals surface area contributed by atoms with Crippen LogP contribution in [-0.2, 0) is 4.79 Å². The Morgan fingerprint density at radius 3 is 2.78 bits per heavy atom. The Balaban J connectivity index is 0.00000162. The molecule has 1 saturated heterocycles. The van der Waals surface area contributed by atoms with Crippen LogP contribution in [0.4, 0.5) is 0 Å². The van der Waals surface area contributed by atoms with Crippen molar-refractivity contribution in [3.8, 4) is 0 Å². The second kappa shape index (κ2) is 8.00. The van der Waals surface area contributed by atoms with Crippen LogP contribution < -0.4 is 10.6 Å². The molecule has 1 aliphatic heterocycles. The van der Waals surface area contributed by atoms with E-state index in [1.807, 2.05) is 0 Å². The van der Waals surface area contributed by atoms with E-state index in [0.29, 0.717) is 18.5 Å². The zero-order chi connectivity index (χ0) is 12.1. The Morgan fingerprint density at radius 1 is 1.28 bits per heavy atom. The van der Waals surface area contributed by atoms with Crippen LogP contribution in [-0.4, -0.2) is 24.5 Å². The third kappa shape index (κ3) is 4.77. The van der Waals surface area contributed by atoms with Crippen molar-refractivity contribution in [1.82, 2.24) is 10.6 Å². The van der Waals surface area contributed by atoms with Crippen molar-refractivity contribution in [2.45, 2.75) is 70.4 Å². The molecule has 2 rings (SSSR count). The number of amides is 1. The first kappa shape index (κ1) is 15.8. The Bertz CT molecular complexity index is 254. The summed E-state index contributed by atoms with van der Waals surface area (Å²) in [5, 5.41) is 6.61. The third-order valence-corrected chi connectivity index (χ3v) is 4.32. The van der Waals surface area contributed by atoms with E-state index in [-0.39, 0.29) is 18.3 Å². The van der Waals surface area contributed by atoms with Crippen molar-refractivity contribution in [2.75, 3.05) is 6.54 Å². The molecule has 106 valence electrons. The maximum atomic E-state index is 11.9. The van der Waals surface area contributed by atoms with Gasteiger partial charge in [-0.3, -0.25) is 4.79 Å². The number of nitrogens with one attached hydrogen (secondary N) is 2. The highest BCUT2D eigenvalue weighted by atomic mass is 35.5. The Labute approximate surface area is 117 Å². The highest BCUT2D eigenvalue weighted by Gasteiger charge is 2.23. The van der Waals surface area contributed by atoms with Gasteiger partial charge in [-0.15, -0.1) is 12.4 Å². The second-order valence-electron chi connectivity index (χ2n) is 5.70. The fourth-order valence-electron chi connectivity index (χ4n) is 3.23.